The number of nitrogens with two attached hydrogens (primary N) is 1. The average molecular weight is 277 g/mol. The summed E-state index contributed by atoms with van der Waals surface area (Å²) >= 11 is 0. The van der Waals surface area contributed by atoms with Gasteiger partial charge in [0.15, 0.2) is 0 Å². The maximum absolute atomic E-state index is 12.2. The van der Waals surface area contributed by atoms with Crippen LogP contribution in [0.3, 0.4) is 0 Å². The van der Waals surface area contributed by atoms with Crippen LogP contribution in [0.1, 0.15) is 18.5 Å². The summed E-state index contributed by atoms with van der Waals surface area (Å²) in [7, 11) is -3.60. The summed E-state index contributed by atoms with van der Waals surface area (Å²) in [4.78, 5) is 4.03. The molecule has 0 aliphatic rings. The van der Waals surface area contributed by atoms with Crippen LogP contribution >= 0.6 is 0 Å². The highest BCUT2D eigenvalue weighted by molar-refractivity contribution is 7.92. The van der Waals surface area contributed by atoms with Gasteiger partial charge in [-0.25, -0.2) is 8.42 Å². The Labute approximate surface area is 112 Å². The molecule has 1 unspecified atom stereocenters. The Hall–Kier alpha value is -1.92. The van der Waals surface area contributed by atoms with E-state index >= 15 is 0 Å². The lowest BCUT2D eigenvalue weighted by Crippen LogP contribution is -2.14. The molecule has 0 spiro atoms. The van der Waals surface area contributed by atoms with E-state index in [1.165, 1.54) is 18.5 Å². The fourth-order valence-corrected chi connectivity index (χ4v) is 2.71. The number of aromatic nitrogens is 1. The van der Waals surface area contributed by atoms with Gasteiger partial charge in [-0.1, -0.05) is 12.1 Å². The van der Waals surface area contributed by atoms with E-state index in [1.807, 2.05) is 6.92 Å². The number of pyridine rings is 1. The molecule has 0 saturated carbocycles. The number of hydrogen-bond donors (Lipinski definition) is 2. The topological polar surface area (TPSA) is 85.1 Å². The van der Waals surface area contributed by atoms with Crippen LogP contribution in [-0.2, 0) is 10.0 Å². The summed E-state index contributed by atoms with van der Waals surface area (Å²) in [5, 5.41) is 0. The van der Waals surface area contributed by atoms with Crippen LogP contribution in [0, 0.1) is 0 Å². The third-order valence-corrected chi connectivity index (χ3v) is 4.01. The maximum atomic E-state index is 12.2. The Kier molecular flexibility index (Phi) is 3.82. The van der Waals surface area contributed by atoms with Crippen molar-refractivity contribution in [3.63, 3.8) is 0 Å². The van der Waals surface area contributed by atoms with E-state index in [0.717, 1.165) is 5.56 Å². The first-order valence-corrected chi connectivity index (χ1v) is 7.26. The van der Waals surface area contributed by atoms with Crippen LogP contribution in [0.2, 0.25) is 0 Å². The molecule has 0 bridgehead atoms. The Morgan fingerprint density at radius 2 is 1.89 bits per heavy atom. The van der Waals surface area contributed by atoms with Gasteiger partial charge in [-0.05, 0) is 36.8 Å². The van der Waals surface area contributed by atoms with Gasteiger partial charge in [-0.15, -0.1) is 0 Å². The van der Waals surface area contributed by atoms with E-state index in [1.54, 1.807) is 30.3 Å². The van der Waals surface area contributed by atoms with E-state index in [9.17, 15) is 8.42 Å². The van der Waals surface area contributed by atoms with Crippen molar-refractivity contribution in [1.29, 1.82) is 0 Å². The van der Waals surface area contributed by atoms with Crippen LogP contribution in [0.25, 0.3) is 0 Å². The third-order valence-electron chi connectivity index (χ3n) is 2.63. The third kappa shape index (κ3) is 3.30. The lowest BCUT2D eigenvalue weighted by molar-refractivity contribution is 0.601. The van der Waals surface area contributed by atoms with Crippen LogP contribution in [-0.4, -0.2) is 13.4 Å². The smallest absolute Gasteiger partial charge is 0.261 e. The molecule has 0 radical (unpaired) electrons. The molecule has 1 aromatic carbocycles. The van der Waals surface area contributed by atoms with Crippen LogP contribution in [0.15, 0.2) is 53.7 Å². The van der Waals surface area contributed by atoms with Gasteiger partial charge in [0, 0.05) is 18.4 Å². The molecule has 2 aromatic rings. The summed E-state index contributed by atoms with van der Waals surface area (Å²) in [6, 6.07) is 9.57. The van der Waals surface area contributed by atoms with E-state index in [0.29, 0.717) is 5.69 Å². The molecular weight excluding hydrogens is 262 g/mol. The highest BCUT2D eigenvalue weighted by Crippen LogP contribution is 2.18. The molecule has 0 fully saturated rings. The van der Waals surface area contributed by atoms with Crippen molar-refractivity contribution in [2.45, 2.75) is 17.9 Å². The van der Waals surface area contributed by atoms with Crippen LogP contribution < -0.4 is 10.5 Å². The van der Waals surface area contributed by atoms with Crippen molar-refractivity contribution >= 4 is 15.7 Å². The van der Waals surface area contributed by atoms with Crippen molar-refractivity contribution in [2.75, 3.05) is 4.72 Å². The first-order chi connectivity index (χ1) is 8.99. The minimum atomic E-state index is -3.60. The zero-order valence-electron chi connectivity index (χ0n) is 10.4. The predicted octanol–water partition coefficient (Wildman–Crippen LogP) is 1.90. The highest BCUT2D eigenvalue weighted by atomic mass is 32.2. The molecular formula is C13H15N3O2S. The fraction of sp³-hybridized carbons (Fsp3) is 0.154. The largest absolute Gasteiger partial charge is 0.324 e. The Morgan fingerprint density at radius 1 is 1.21 bits per heavy atom. The van der Waals surface area contributed by atoms with Gasteiger partial charge in [-0.2, -0.15) is 0 Å². The molecule has 2 rings (SSSR count). The lowest BCUT2D eigenvalue weighted by atomic mass is 10.1. The van der Waals surface area contributed by atoms with Gasteiger partial charge >= 0.3 is 0 Å². The van der Waals surface area contributed by atoms with Gasteiger partial charge in [0.2, 0.25) is 0 Å². The van der Waals surface area contributed by atoms with Gasteiger partial charge in [0.25, 0.3) is 10.0 Å². The van der Waals surface area contributed by atoms with E-state index in [2.05, 4.69) is 9.71 Å². The second kappa shape index (κ2) is 5.38. The molecule has 0 amide bonds. The van der Waals surface area contributed by atoms with E-state index in [-0.39, 0.29) is 10.9 Å². The van der Waals surface area contributed by atoms with Crippen molar-refractivity contribution < 1.29 is 8.42 Å². The molecule has 0 aliphatic carbocycles. The van der Waals surface area contributed by atoms with Gasteiger partial charge < -0.3 is 5.73 Å². The molecule has 3 N–H and O–H groups in total. The number of hydrogen-bond acceptors (Lipinski definition) is 4. The van der Waals surface area contributed by atoms with Crippen LogP contribution in [0.4, 0.5) is 5.69 Å². The molecule has 100 valence electrons. The van der Waals surface area contributed by atoms with Crippen LogP contribution in [0.5, 0.6) is 0 Å². The van der Waals surface area contributed by atoms with Gasteiger partial charge in [0.1, 0.15) is 0 Å². The molecule has 6 heteroatoms. The summed E-state index contributed by atoms with van der Waals surface area (Å²) < 4.78 is 26.9. The van der Waals surface area contributed by atoms with Gasteiger partial charge in [0.05, 0.1) is 10.6 Å². The zero-order chi connectivity index (χ0) is 13.9. The first kappa shape index (κ1) is 13.5. The normalized spacial score (nSPS) is 12.9. The summed E-state index contributed by atoms with van der Waals surface area (Å²) in [6.45, 7) is 1.81. The van der Waals surface area contributed by atoms with E-state index in [4.69, 9.17) is 5.73 Å². The summed E-state index contributed by atoms with van der Waals surface area (Å²) in [6.07, 6.45) is 3.05. The lowest BCUT2D eigenvalue weighted by Gasteiger charge is -2.10. The SMILES string of the molecule is CC(N)c1cccc(S(=O)(=O)Nc2ccncc2)c1. The number of benzene rings is 1. The predicted molar refractivity (Wildman–Crippen MR) is 74.1 cm³/mol. The number of nitrogens with one attached hydrogen (secondary N) is 1. The number of rotatable bonds is 4. The quantitative estimate of drug-likeness (QED) is 0.893. The second-order valence-corrected chi connectivity index (χ2v) is 5.88. The maximum Gasteiger partial charge on any atom is 0.261 e. The second-order valence-electron chi connectivity index (χ2n) is 4.20. The molecule has 19 heavy (non-hydrogen) atoms. The summed E-state index contributed by atoms with van der Waals surface area (Å²) in [5.41, 5.74) is 7.00. The minimum absolute atomic E-state index is 0.194. The Bertz CT molecular complexity index is 655. The van der Waals surface area contributed by atoms with Crippen molar-refractivity contribution in [1.82, 2.24) is 4.98 Å². The zero-order valence-corrected chi connectivity index (χ0v) is 11.3. The molecule has 1 atom stereocenters. The molecule has 0 saturated heterocycles. The number of nitrogens with zero attached hydrogens (tertiary/aromatic N) is 1. The summed E-state index contributed by atoms with van der Waals surface area (Å²) in [5.74, 6) is 0. The highest BCUT2D eigenvalue weighted by Gasteiger charge is 2.15. The Balaban J connectivity index is 2.32. The first-order valence-electron chi connectivity index (χ1n) is 5.77. The standard InChI is InChI=1S/C13H15N3O2S/c1-10(14)11-3-2-4-13(9-11)19(17,18)16-12-5-7-15-8-6-12/h2-10H,14H2,1H3,(H,15,16). The molecule has 5 nitrogen and oxygen atoms in total. The number of anilines is 1. The fourth-order valence-electron chi connectivity index (χ4n) is 1.60. The number of sulfonamides is 1. The van der Waals surface area contributed by atoms with Crippen molar-refractivity contribution in [3.05, 3.63) is 54.4 Å². The minimum Gasteiger partial charge on any atom is -0.324 e. The molecule has 0 aliphatic heterocycles. The van der Waals surface area contributed by atoms with E-state index < -0.39 is 10.0 Å². The van der Waals surface area contributed by atoms with Gasteiger partial charge in [-0.3, -0.25) is 9.71 Å². The average Bonchev–Trinajstić information content (AvgIpc) is 2.39. The Morgan fingerprint density at radius 3 is 2.53 bits per heavy atom. The van der Waals surface area contributed by atoms with Crippen molar-refractivity contribution in [3.8, 4) is 0 Å². The monoisotopic (exact) mass is 277 g/mol. The van der Waals surface area contributed by atoms with Crippen molar-refractivity contribution in [2.24, 2.45) is 5.73 Å². The molecule has 1 heterocycles. The molecule has 1 aromatic heterocycles.